The predicted molar refractivity (Wildman–Crippen MR) is 82.3 cm³/mol. The first-order valence-corrected chi connectivity index (χ1v) is 6.74. The molecule has 0 radical (unpaired) electrons. The molecule has 0 bridgehead atoms. The van der Waals surface area contributed by atoms with Crippen molar-refractivity contribution in [1.82, 2.24) is 4.98 Å². The van der Waals surface area contributed by atoms with Gasteiger partial charge in [0.25, 0.3) is 0 Å². The summed E-state index contributed by atoms with van der Waals surface area (Å²) in [5.41, 5.74) is 4.81. The van der Waals surface area contributed by atoms with Crippen molar-refractivity contribution < 1.29 is 4.74 Å². The number of aryl methyl sites for hydroxylation is 1. The Kier molecular flexibility index (Phi) is 3.38. The summed E-state index contributed by atoms with van der Waals surface area (Å²) in [7, 11) is 1.65. The summed E-state index contributed by atoms with van der Waals surface area (Å²) in [6.07, 6.45) is 0.947. The summed E-state index contributed by atoms with van der Waals surface area (Å²) in [5, 5.41) is 1.19. The van der Waals surface area contributed by atoms with Gasteiger partial charge in [0.15, 0.2) is 0 Å². The van der Waals surface area contributed by atoms with Crippen LogP contribution in [0.4, 0.5) is 0 Å². The van der Waals surface area contributed by atoms with Gasteiger partial charge in [-0.2, -0.15) is 0 Å². The van der Waals surface area contributed by atoms with Crippen molar-refractivity contribution in [3.63, 3.8) is 0 Å². The van der Waals surface area contributed by atoms with E-state index in [2.05, 4.69) is 54.4 Å². The number of hydrogen-bond donors (Lipinski definition) is 0. The quantitative estimate of drug-likeness (QED) is 0.708. The molecular weight excluding hydrogens is 246 g/mol. The van der Waals surface area contributed by atoms with Crippen LogP contribution in [0.25, 0.3) is 10.9 Å². The van der Waals surface area contributed by atoms with Gasteiger partial charge >= 0.3 is 0 Å². The fourth-order valence-corrected chi connectivity index (χ4v) is 2.46. The third-order valence-electron chi connectivity index (χ3n) is 3.52. The van der Waals surface area contributed by atoms with Crippen LogP contribution in [-0.4, -0.2) is 12.1 Å². The molecule has 3 rings (SSSR count). The second-order valence-electron chi connectivity index (χ2n) is 5.00. The summed E-state index contributed by atoms with van der Waals surface area (Å²) in [6.45, 7) is 2.10. The molecule has 0 aliphatic rings. The highest BCUT2D eigenvalue weighted by molar-refractivity contribution is 5.83. The molecule has 0 saturated carbocycles. The van der Waals surface area contributed by atoms with Crippen LogP contribution in [0.2, 0.25) is 0 Å². The summed E-state index contributed by atoms with van der Waals surface area (Å²) in [5.74, 6) is 0.672. The maximum absolute atomic E-state index is 5.22. The number of nitrogens with zero attached hydrogens (tertiary/aromatic N) is 1. The molecule has 20 heavy (non-hydrogen) atoms. The zero-order chi connectivity index (χ0) is 13.9. The molecular formula is C18H17NO. The van der Waals surface area contributed by atoms with Crippen molar-refractivity contribution >= 4 is 10.9 Å². The van der Waals surface area contributed by atoms with Crippen LogP contribution in [0.15, 0.2) is 54.6 Å². The molecule has 0 N–H and O–H groups in total. The molecule has 100 valence electrons. The molecule has 0 saturated heterocycles. The molecule has 1 aromatic heterocycles. The Morgan fingerprint density at radius 3 is 2.50 bits per heavy atom. The van der Waals surface area contributed by atoms with Crippen molar-refractivity contribution in [2.45, 2.75) is 13.3 Å². The van der Waals surface area contributed by atoms with Crippen LogP contribution in [-0.2, 0) is 6.42 Å². The van der Waals surface area contributed by atoms with E-state index in [0.717, 1.165) is 11.9 Å². The number of rotatable bonds is 3. The highest BCUT2D eigenvalue weighted by atomic mass is 16.5. The molecule has 2 nitrogen and oxygen atoms in total. The van der Waals surface area contributed by atoms with E-state index in [4.69, 9.17) is 4.74 Å². The molecule has 0 aliphatic carbocycles. The molecule has 3 aromatic rings. The van der Waals surface area contributed by atoms with Crippen LogP contribution in [0.5, 0.6) is 5.88 Å². The van der Waals surface area contributed by atoms with Gasteiger partial charge in [0.2, 0.25) is 5.88 Å². The highest BCUT2D eigenvalue weighted by Crippen LogP contribution is 2.23. The Morgan fingerprint density at radius 1 is 0.950 bits per heavy atom. The van der Waals surface area contributed by atoms with E-state index in [0.29, 0.717) is 5.88 Å². The number of aromatic nitrogens is 1. The molecule has 2 heteroatoms. The van der Waals surface area contributed by atoms with Crippen molar-refractivity contribution in [3.05, 3.63) is 71.3 Å². The van der Waals surface area contributed by atoms with Gasteiger partial charge in [-0.25, -0.2) is 4.98 Å². The van der Waals surface area contributed by atoms with Crippen molar-refractivity contribution in [2.24, 2.45) is 0 Å². The maximum atomic E-state index is 5.22. The minimum Gasteiger partial charge on any atom is -0.481 e. The molecule has 0 atom stereocenters. The van der Waals surface area contributed by atoms with Crippen LogP contribution < -0.4 is 4.74 Å². The zero-order valence-electron chi connectivity index (χ0n) is 11.8. The van der Waals surface area contributed by atoms with Crippen LogP contribution in [0.1, 0.15) is 16.7 Å². The van der Waals surface area contributed by atoms with Crippen LogP contribution in [0, 0.1) is 6.92 Å². The lowest BCUT2D eigenvalue weighted by atomic mass is 10.0. The summed E-state index contributed by atoms with van der Waals surface area (Å²) < 4.78 is 5.22. The summed E-state index contributed by atoms with van der Waals surface area (Å²) in [6, 6.07) is 18.9. The van der Waals surface area contributed by atoms with Crippen LogP contribution in [0.3, 0.4) is 0 Å². The monoisotopic (exact) mass is 263 g/mol. The number of pyridine rings is 1. The van der Waals surface area contributed by atoms with Gasteiger partial charge in [-0.1, -0.05) is 36.4 Å². The van der Waals surface area contributed by atoms with E-state index < -0.39 is 0 Å². The van der Waals surface area contributed by atoms with Crippen molar-refractivity contribution in [2.75, 3.05) is 7.11 Å². The average Bonchev–Trinajstić information content (AvgIpc) is 2.48. The van der Waals surface area contributed by atoms with E-state index in [9.17, 15) is 0 Å². The Labute approximate surface area is 119 Å². The second-order valence-corrected chi connectivity index (χ2v) is 5.00. The van der Waals surface area contributed by atoms with Crippen molar-refractivity contribution in [1.29, 1.82) is 0 Å². The fraction of sp³-hybridized carbons (Fsp3) is 0.167. The fourth-order valence-electron chi connectivity index (χ4n) is 2.46. The van der Waals surface area contributed by atoms with E-state index in [1.165, 1.54) is 22.1 Å². The van der Waals surface area contributed by atoms with Gasteiger partial charge in [0.1, 0.15) is 0 Å². The maximum Gasteiger partial charge on any atom is 0.213 e. The Morgan fingerprint density at radius 2 is 1.75 bits per heavy atom. The molecule has 0 unspecified atom stereocenters. The van der Waals surface area contributed by atoms with Gasteiger partial charge in [-0.15, -0.1) is 0 Å². The first-order valence-electron chi connectivity index (χ1n) is 6.74. The minimum absolute atomic E-state index is 0.672. The zero-order valence-corrected chi connectivity index (χ0v) is 11.8. The van der Waals surface area contributed by atoms with E-state index in [-0.39, 0.29) is 0 Å². The molecule has 2 aromatic carbocycles. The SMILES string of the molecule is COc1cc(C)c2cc(Cc3ccccc3)ccc2n1. The van der Waals surface area contributed by atoms with E-state index in [1.807, 2.05) is 12.1 Å². The topological polar surface area (TPSA) is 22.1 Å². The van der Waals surface area contributed by atoms with Gasteiger partial charge < -0.3 is 4.74 Å². The van der Waals surface area contributed by atoms with E-state index in [1.54, 1.807) is 7.11 Å². The number of fused-ring (bicyclic) bond motifs is 1. The lowest BCUT2D eigenvalue weighted by Gasteiger charge is -2.08. The molecule has 0 amide bonds. The number of benzene rings is 2. The van der Waals surface area contributed by atoms with Gasteiger partial charge in [0, 0.05) is 11.5 Å². The Balaban J connectivity index is 2.00. The van der Waals surface area contributed by atoms with Crippen LogP contribution >= 0.6 is 0 Å². The second kappa shape index (κ2) is 5.33. The smallest absolute Gasteiger partial charge is 0.213 e. The molecule has 0 aliphatic heterocycles. The van der Waals surface area contributed by atoms with Crippen molar-refractivity contribution in [3.8, 4) is 5.88 Å². The van der Waals surface area contributed by atoms with Gasteiger partial charge in [-0.3, -0.25) is 0 Å². The first kappa shape index (κ1) is 12.7. The van der Waals surface area contributed by atoms with Gasteiger partial charge in [0.05, 0.1) is 12.6 Å². The minimum atomic E-state index is 0.672. The lowest BCUT2D eigenvalue weighted by molar-refractivity contribution is 0.399. The highest BCUT2D eigenvalue weighted by Gasteiger charge is 2.04. The lowest BCUT2D eigenvalue weighted by Crippen LogP contribution is -1.93. The molecule has 0 spiro atoms. The predicted octanol–water partition coefficient (Wildman–Crippen LogP) is 4.14. The third kappa shape index (κ3) is 2.50. The first-order chi connectivity index (χ1) is 9.76. The average molecular weight is 263 g/mol. The molecule has 1 heterocycles. The Bertz CT molecular complexity index is 735. The largest absolute Gasteiger partial charge is 0.481 e. The normalized spacial score (nSPS) is 10.7. The number of methoxy groups -OCH3 is 1. The Hall–Kier alpha value is -2.35. The third-order valence-corrected chi connectivity index (χ3v) is 3.52. The standard InChI is InChI=1S/C18H17NO/c1-13-10-18(20-2)19-17-9-8-15(12-16(13)17)11-14-6-4-3-5-7-14/h3-10,12H,11H2,1-2H3. The molecule has 0 fully saturated rings. The van der Waals surface area contributed by atoms with E-state index >= 15 is 0 Å². The summed E-state index contributed by atoms with van der Waals surface area (Å²) >= 11 is 0. The number of ether oxygens (including phenoxy) is 1. The summed E-state index contributed by atoms with van der Waals surface area (Å²) in [4.78, 5) is 4.48. The van der Waals surface area contributed by atoms with Gasteiger partial charge in [-0.05, 0) is 42.2 Å². The number of hydrogen-bond acceptors (Lipinski definition) is 2.